The van der Waals surface area contributed by atoms with Crippen molar-refractivity contribution < 1.29 is 18.0 Å². The molecule has 0 aliphatic carbocycles. The summed E-state index contributed by atoms with van der Waals surface area (Å²) in [5.41, 5.74) is 1.45. The van der Waals surface area contributed by atoms with Crippen LogP contribution in [0.1, 0.15) is 22.8 Å². The zero-order valence-corrected chi connectivity index (χ0v) is 15.0. The van der Waals surface area contributed by atoms with Crippen LogP contribution in [0, 0.1) is 0 Å². The summed E-state index contributed by atoms with van der Waals surface area (Å²) in [4.78, 5) is 16.3. The number of allylic oxidation sites excluding steroid dienone is 2. The van der Waals surface area contributed by atoms with Gasteiger partial charge in [0.25, 0.3) is 0 Å². The first-order valence-electron chi connectivity index (χ1n) is 8.79. The van der Waals surface area contributed by atoms with Gasteiger partial charge in [0.15, 0.2) is 5.78 Å². The zero-order chi connectivity index (χ0) is 19.4. The molecule has 1 aliphatic rings. The lowest BCUT2D eigenvalue weighted by Gasteiger charge is -2.38. The van der Waals surface area contributed by atoms with E-state index in [0.717, 1.165) is 11.8 Å². The molecule has 2 aromatic rings. The lowest BCUT2D eigenvalue weighted by Crippen LogP contribution is -2.45. The highest BCUT2D eigenvalue weighted by atomic mass is 19.4. The maximum Gasteiger partial charge on any atom is 0.416 e. The molecule has 0 N–H and O–H groups in total. The first-order chi connectivity index (χ1) is 12.8. The third-order valence-electron chi connectivity index (χ3n) is 4.72. The molecule has 0 saturated carbocycles. The SMILES string of the molecule is CC(=CC(=O)c1ccccc1)N1CCN(c2cccc(C(F)(F)F)c2)CC1. The van der Waals surface area contributed by atoms with Crippen LogP contribution in [0.15, 0.2) is 66.4 Å². The number of carbonyl (C=O) groups excluding carboxylic acids is 1. The van der Waals surface area contributed by atoms with Gasteiger partial charge in [-0.15, -0.1) is 0 Å². The quantitative estimate of drug-likeness (QED) is 0.577. The molecule has 1 aliphatic heterocycles. The van der Waals surface area contributed by atoms with Gasteiger partial charge in [0.05, 0.1) is 5.56 Å². The van der Waals surface area contributed by atoms with Crippen molar-refractivity contribution in [3.05, 3.63) is 77.5 Å². The highest BCUT2D eigenvalue weighted by Crippen LogP contribution is 2.32. The lowest BCUT2D eigenvalue weighted by molar-refractivity contribution is -0.137. The van der Waals surface area contributed by atoms with E-state index in [1.807, 2.05) is 30.0 Å². The molecule has 3 nitrogen and oxygen atoms in total. The Morgan fingerprint density at radius 2 is 1.63 bits per heavy atom. The molecule has 0 spiro atoms. The second kappa shape index (κ2) is 7.86. The van der Waals surface area contributed by atoms with E-state index in [9.17, 15) is 18.0 Å². The molecule has 0 radical (unpaired) electrons. The number of hydrogen-bond donors (Lipinski definition) is 0. The van der Waals surface area contributed by atoms with Crippen molar-refractivity contribution in [2.24, 2.45) is 0 Å². The summed E-state index contributed by atoms with van der Waals surface area (Å²) in [7, 11) is 0. The number of hydrogen-bond acceptors (Lipinski definition) is 3. The largest absolute Gasteiger partial charge is 0.416 e. The fraction of sp³-hybridized carbons (Fsp3) is 0.286. The predicted octanol–water partition coefficient (Wildman–Crippen LogP) is 4.61. The molecule has 0 unspecified atom stereocenters. The number of carbonyl (C=O) groups is 1. The van der Waals surface area contributed by atoms with Gasteiger partial charge < -0.3 is 9.80 Å². The molecule has 1 saturated heterocycles. The second-order valence-corrected chi connectivity index (χ2v) is 6.54. The van der Waals surface area contributed by atoms with Gasteiger partial charge in [-0.2, -0.15) is 13.2 Å². The number of rotatable bonds is 4. The average Bonchev–Trinajstić information content (AvgIpc) is 2.68. The van der Waals surface area contributed by atoms with Crippen molar-refractivity contribution in [1.29, 1.82) is 0 Å². The van der Waals surface area contributed by atoms with Gasteiger partial charge in [0, 0.05) is 49.2 Å². The standard InChI is InChI=1S/C21H21F3N2O/c1-16(14-20(27)17-6-3-2-4-7-17)25-10-12-26(13-11-25)19-9-5-8-18(15-19)21(22,23)24/h2-9,14-15H,10-13H2,1H3. The first kappa shape index (κ1) is 19.0. The maximum absolute atomic E-state index is 12.9. The average molecular weight is 374 g/mol. The molecular formula is C21H21F3N2O. The van der Waals surface area contributed by atoms with Crippen LogP contribution >= 0.6 is 0 Å². The highest BCUT2D eigenvalue weighted by Gasteiger charge is 2.31. The molecule has 142 valence electrons. The molecule has 3 rings (SSSR count). The van der Waals surface area contributed by atoms with Crippen molar-refractivity contribution in [3.8, 4) is 0 Å². The van der Waals surface area contributed by atoms with Gasteiger partial charge in [0.1, 0.15) is 0 Å². The summed E-state index contributed by atoms with van der Waals surface area (Å²) in [6.07, 6.45) is -2.72. The predicted molar refractivity (Wildman–Crippen MR) is 99.8 cm³/mol. The number of benzene rings is 2. The van der Waals surface area contributed by atoms with Crippen LogP contribution in [-0.2, 0) is 6.18 Å². The van der Waals surface area contributed by atoms with Gasteiger partial charge in [-0.05, 0) is 25.1 Å². The van der Waals surface area contributed by atoms with Crippen LogP contribution < -0.4 is 4.90 Å². The van der Waals surface area contributed by atoms with E-state index in [1.165, 1.54) is 12.1 Å². The molecule has 0 aromatic heterocycles. The number of anilines is 1. The van der Waals surface area contributed by atoms with Crippen molar-refractivity contribution in [2.75, 3.05) is 31.1 Å². The summed E-state index contributed by atoms with van der Waals surface area (Å²) in [5, 5.41) is 0. The fourth-order valence-electron chi connectivity index (χ4n) is 3.16. The minimum atomic E-state index is -4.34. The van der Waals surface area contributed by atoms with Gasteiger partial charge in [-0.3, -0.25) is 4.79 Å². The van der Waals surface area contributed by atoms with Crippen LogP contribution in [0.3, 0.4) is 0 Å². The Balaban J connectivity index is 1.63. The van der Waals surface area contributed by atoms with Gasteiger partial charge in [-0.1, -0.05) is 36.4 Å². The Kier molecular flexibility index (Phi) is 5.54. The van der Waals surface area contributed by atoms with E-state index in [0.29, 0.717) is 37.4 Å². The summed E-state index contributed by atoms with van der Waals surface area (Å²) in [6.45, 7) is 4.40. The Morgan fingerprint density at radius 3 is 2.26 bits per heavy atom. The minimum Gasteiger partial charge on any atom is -0.371 e. The third-order valence-corrected chi connectivity index (χ3v) is 4.72. The van der Waals surface area contributed by atoms with E-state index in [2.05, 4.69) is 4.90 Å². The fourth-order valence-corrected chi connectivity index (χ4v) is 3.16. The van der Waals surface area contributed by atoms with Crippen molar-refractivity contribution in [1.82, 2.24) is 4.90 Å². The number of alkyl halides is 3. The van der Waals surface area contributed by atoms with E-state index in [1.54, 1.807) is 24.3 Å². The number of halogens is 3. The van der Waals surface area contributed by atoms with Crippen LogP contribution in [-0.4, -0.2) is 36.9 Å². The summed E-state index contributed by atoms with van der Waals surface area (Å²) in [6, 6.07) is 14.5. The Bertz CT molecular complexity index is 823. The second-order valence-electron chi connectivity index (χ2n) is 6.54. The number of piperazine rings is 1. The minimum absolute atomic E-state index is 0.0478. The van der Waals surface area contributed by atoms with Crippen molar-refractivity contribution >= 4 is 11.5 Å². The number of nitrogens with zero attached hydrogens (tertiary/aromatic N) is 2. The summed E-state index contributed by atoms with van der Waals surface area (Å²) in [5.74, 6) is -0.0478. The molecule has 1 fully saturated rings. The molecule has 0 amide bonds. The van der Waals surface area contributed by atoms with E-state index >= 15 is 0 Å². The van der Waals surface area contributed by atoms with Crippen LogP contribution in [0.25, 0.3) is 0 Å². The summed E-state index contributed by atoms with van der Waals surface area (Å²) < 4.78 is 38.7. The van der Waals surface area contributed by atoms with Crippen LogP contribution in [0.2, 0.25) is 0 Å². The molecule has 2 aromatic carbocycles. The van der Waals surface area contributed by atoms with E-state index in [-0.39, 0.29) is 5.78 Å². The smallest absolute Gasteiger partial charge is 0.371 e. The number of ketones is 1. The normalized spacial score (nSPS) is 15.8. The Morgan fingerprint density at radius 1 is 0.963 bits per heavy atom. The lowest BCUT2D eigenvalue weighted by atomic mass is 10.1. The van der Waals surface area contributed by atoms with Crippen molar-refractivity contribution in [3.63, 3.8) is 0 Å². The Hall–Kier alpha value is -2.76. The molecule has 0 atom stereocenters. The van der Waals surface area contributed by atoms with E-state index in [4.69, 9.17) is 0 Å². The molecule has 6 heteroatoms. The first-order valence-corrected chi connectivity index (χ1v) is 8.79. The monoisotopic (exact) mass is 374 g/mol. The molecule has 1 heterocycles. The van der Waals surface area contributed by atoms with Gasteiger partial charge in [0.2, 0.25) is 0 Å². The topological polar surface area (TPSA) is 23.6 Å². The van der Waals surface area contributed by atoms with Gasteiger partial charge in [-0.25, -0.2) is 0 Å². The van der Waals surface area contributed by atoms with Gasteiger partial charge >= 0.3 is 6.18 Å². The highest BCUT2D eigenvalue weighted by molar-refractivity contribution is 6.04. The van der Waals surface area contributed by atoms with Crippen molar-refractivity contribution in [2.45, 2.75) is 13.1 Å². The third kappa shape index (κ3) is 4.70. The van der Waals surface area contributed by atoms with Crippen LogP contribution in [0.5, 0.6) is 0 Å². The molecule has 0 bridgehead atoms. The van der Waals surface area contributed by atoms with Crippen LogP contribution in [0.4, 0.5) is 18.9 Å². The van der Waals surface area contributed by atoms with E-state index < -0.39 is 11.7 Å². The zero-order valence-electron chi connectivity index (χ0n) is 15.0. The Labute approximate surface area is 156 Å². The summed E-state index contributed by atoms with van der Waals surface area (Å²) >= 11 is 0. The molecule has 27 heavy (non-hydrogen) atoms. The molecular weight excluding hydrogens is 353 g/mol. The maximum atomic E-state index is 12.9.